The van der Waals surface area contributed by atoms with Gasteiger partial charge in [0.1, 0.15) is 5.82 Å². The Bertz CT molecular complexity index is 1400. The van der Waals surface area contributed by atoms with Crippen molar-refractivity contribution in [1.82, 2.24) is 0 Å². The Hall–Kier alpha value is -3.83. The van der Waals surface area contributed by atoms with Gasteiger partial charge in [0.2, 0.25) is 10.0 Å². The predicted molar refractivity (Wildman–Crippen MR) is 132 cm³/mol. The average molecular weight is 514 g/mol. The Morgan fingerprint density at radius 2 is 1.67 bits per heavy atom. The lowest BCUT2D eigenvalue weighted by Gasteiger charge is -2.40. The molecule has 2 aromatic carbocycles. The molecule has 4 rings (SSSR count). The van der Waals surface area contributed by atoms with Crippen molar-refractivity contribution in [2.45, 2.75) is 30.1 Å². The zero-order valence-electron chi connectivity index (χ0n) is 20.1. The topological polar surface area (TPSA) is 151 Å². The van der Waals surface area contributed by atoms with E-state index in [2.05, 4.69) is 0 Å². The van der Waals surface area contributed by atoms with Crippen LogP contribution in [0.2, 0.25) is 0 Å². The molecule has 0 bridgehead atoms. The Morgan fingerprint density at radius 3 is 2.25 bits per heavy atom. The van der Waals surface area contributed by atoms with Gasteiger partial charge in [-0.25, -0.2) is 18.4 Å². The highest BCUT2D eigenvalue weighted by Crippen LogP contribution is 2.48. The number of esters is 1. The summed E-state index contributed by atoms with van der Waals surface area (Å²) in [5.74, 6) is -0.587. The molecule has 0 radical (unpaired) electrons. The van der Waals surface area contributed by atoms with E-state index < -0.39 is 21.9 Å². The number of sulfonamides is 1. The number of benzene rings is 2. The summed E-state index contributed by atoms with van der Waals surface area (Å²) in [6.45, 7) is 0. The molecule has 1 aliphatic heterocycles. The van der Waals surface area contributed by atoms with Gasteiger partial charge < -0.3 is 19.9 Å². The number of methoxy groups -OCH3 is 3. The summed E-state index contributed by atoms with van der Waals surface area (Å²) >= 11 is 0. The number of anilines is 1. The fraction of sp³-hybridized carbons (Fsp3) is 0.280. The van der Waals surface area contributed by atoms with E-state index in [1.807, 2.05) is 0 Å². The van der Waals surface area contributed by atoms with Crippen LogP contribution < -0.4 is 25.2 Å². The summed E-state index contributed by atoms with van der Waals surface area (Å²) in [6, 6.07) is 10.9. The van der Waals surface area contributed by atoms with Crippen molar-refractivity contribution in [1.29, 1.82) is 0 Å². The molecule has 11 heteroatoms. The number of allylic oxidation sites excluding steroid dienone is 2. The van der Waals surface area contributed by atoms with E-state index in [1.54, 1.807) is 23.1 Å². The van der Waals surface area contributed by atoms with Crippen molar-refractivity contribution in [3.63, 3.8) is 0 Å². The van der Waals surface area contributed by atoms with E-state index in [0.717, 1.165) is 0 Å². The first kappa shape index (κ1) is 25.3. The first-order valence-corrected chi connectivity index (χ1v) is 12.7. The standard InChI is InChI=1S/C25H27N3O7S/c1-33-19-12-7-14(13-20(19)34-2)21-22-17(5-4-6-18(22)29)28(24(26)23(21)25(30)35-3)15-8-10-16(11-9-15)36(27,31)32/h7-13,21H,4-6,26H2,1-3H3,(H2,27,31,32). The maximum absolute atomic E-state index is 13.4. The zero-order chi connectivity index (χ0) is 26.2. The fourth-order valence-corrected chi connectivity index (χ4v) is 5.26. The van der Waals surface area contributed by atoms with Crippen molar-refractivity contribution in [2.75, 3.05) is 26.2 Å². The molecule has 1 aliphatic carbocycles. The third-order valence-corrected chi connectivity index (χ3v) is 7.29. The molecule has 4 N–H and O–H groups in total. The summed E-state index contributed by atoms with van der Waals surface area (Å²) in [7, 11) is 0.348. The lowest BCUT2D eigenvalue weighted by molar-refractivity contribution is -0.136. The largest absolute Gasteiger partial charge is 0.493 e. The molecule has 0 fully saturated rings. The highest BCUT2D eigenvalue weighted by molar-refractivity contribution is 7.89. The van der Waals surface area contributed by atoms with Crippen LogP contribution >= 0.6 is 0 Å². The zero-order valence-corrected chi connectivity index (χ0v) is 20.9. The van der Waals surface area contributed by atoms with Gasteiger partial charge in [0.15, 0.2) is 17.3 Å². The summed E-state index contributed by atoms with van der Waals surface area (Å²) in [5.41, 5.74) is 8.88. The normalized spacial score (nSPS) is 18.2. The summed E-state index contributed by atoms with van der Waals surface area (Å²) < 4.78 is 39.3. The van der Waals surface area contributed by atoms with Gasteiger partial charge in [0, 0.05) is 23.4 Å². The first-order valence-electron chi connectivity index (χ1n) is 11.1. The smallest absolute Gasteiger partial charge is 0.338 e. The minimum atomic E-state index is -3.91. The van der Waals surface area contributed by atoms with Crippen LogP contribution in [0.1, 0.15) is 30.7 Å². The molecule has 0 aromatic heterocycles. The Morgan fingerprint density at radius 1 is 1.00 bits per heavy atom. The SMILES string of the molecule is COC(=O)C1=C(N)N(c2ccc(S(N)(=O)=O)cc2)C2=C(C(=O)CCC2)C1c1ccc(OC)c(OC)c1. The molecule has 36 heavy (non-hydrogen) atoms. The molecule has 190 valence electrons. The molecule has 1 unspecified atom stereocenters. The van der Waals surface area contributed by atoms with Crippen molar-refractivity contribution in [3.05, 3.63) is 70.7 Å². The van der Waals surface area contributed by atoms with Gasteiger partial charge in [0.25, 0.3) is 0 Å². The molecule has 10 nitrogen and oxygen atoms in total. The van der Waals surface area contributed by atoms with E-state index in [4.69, 9.17) is 25.1 Å². The predicted octanol–water partition coefficient (Wildman–Crippen LogP) is 2.31. The lowest BCUT2D eigenvalue weighted by atomic mass is 9.75. The van der Waals surface area contributed by atoms with Gasteiger partial charge in [-0.3, -0.25) is 9.69 Å². The molecule has 0 spiro atoms. The number of hydrogen-bond donors (Lipinski definition) is 2. The third-order valence-electron chi connectivity index (χ3n) is 6.36. The van der Waals surface area contributed by atoms with E-state index in [1.165, 1.54) is 45.6 Å². The molecule has 0 amide bonds. The lowest BCUT2D eigenvalue weighted by Crippen LogP contribution is -2.41. The second kappa shape index (κ2) is 9.67. The number of carbonyl (C=O) groups excluding carboxylic acids is 2. The van der Waals surface area contributed by atoms with Crippen LogP contribution in [0.3, 0.4) is 0 Å². The first-order chi connectivity index (χ1) is 17.1. The van der Waals surface area contributed by atoms with Gasteiger partial charge in [-0.05, 0) is 54.8 Å². The molecular weight excluding hydrogens is 486 g/mol. The van der Waals surface area contributed by atoms with Crippen LogP contribution in [0.5, 0.6) is 11.5 Å². The molecule has 0 saturated heterocycles. The van der Waals surface area contributed by atoms with Crippen LogP contribution in [-0.4, -0.2) is 41.5 Å². The number of nitrogens with zero attached hydrogens (tertiary/aromatic N) is 1. The highest BCUT2D eigenvalue weighted by Gasteiger charge is 2.43. The number of ether oxygens (including phenoxy) is 3. The van der Waals surface area contributed by atoms with E-state index >= 15 is 0 Å². The van der Waals surface area contributed by atoms with E-state index in [-0.39, 0.29) is 22.1 Å². The summed E-state index contributed by atoms with van der Waals surface area (Å²) in [5, 5.41) is 5.23. The molecular formula is C25H27N3O7S. The Labute approximate surface area is 209 Å². The maximum Gasteiger partial charge on any atom is 0.338 e. The van der Waals surface area contributed by atoms with Gasteiger partial charge in [-0.2, -0.15) is 0 Å². The average Bonchev–Trinajstić information content (AvgIpc) is 2.87. The van der Waals surface area contributed by atoms with Crippen molar-refractivity contribution in [2.24, 2.45) is 10.9 Å². The molecule has 1 heterocycles. The fourth-order valence-electron chi connectivity index (χ4n) is 4.74. The number of primary sulfonamides is 1. The van der Waals surface area contributed by atoms with Crippen LogP contribution in [0.25, 0.3) is 0 Å². The molecule has 1 atom stereocenters. The number of rotatable bonds is 6. The molecule has 2 aliphatic rings. The van der Waals surface area contributed by atoms with Crippen molar-refractivity contribution < 1.29 is 32.2 Å². The van der Waals surface area contributed by atoms with Crippen LogP contribution in [0, 0.1) is 0 Å². The quantitative estimate of drug-likeness (QED) is 0.554. The van der Waals surface area contributed by atoms with Crippen LogP contribution in [-0.2, 0) is 24.3 Å². The Balaban J connectivity index is 1.97. The van der Waals surface area contributed by atoms with Gasteiger partial charge in [-0.15, -0.1) is 0 Å². The highest BCUT2D eigenvalue weighted by atomic mass is 32.2. The second-order valence-electron chi connectivity index (χ2n) is 8.35. The maximum atomic E-state index is 13.4. The summed E-state index contributed by atoms with van der Waals surface area (Å²) in [4.78, 5) is 28.0. The van der Waals surface area contributed by atoms with Crippen molar-refractivity contribution in [3.8, 4) is 11.5 Å². The number of Topliss-reactive ketones (excluding diaryl/α,β-unsaturated/α-hetero) is 1. The monoisotopic (exact) mass is 513 g/mol. The molecule has 0 saturated carbocycles. The Kier molecular flexibility index (Phi) is 6.79. The van der Waals surface area contributed by atoms with Crippen LogP contribution in [0.4, 0.5) is 5.69 Å². The number of hydrogen-bond acceptors (Lipinski definition) is 9. The van der Waals surface area contributed by atoms with Crippen LogP contribution in [0.15, 0.2) is 70.0 Å². The number of nitrogens with two attached hydrogens (primary N) is 2. The van der Waals surface area contributed by atoms with E-state index in [0.29, 0.717) is 53.3 Å². The van der Waals surface area contributed by atoms with Gasteiger partial charge in [0.05, 0.1) is 37.7 Å². The number of carbonyl (C=O) groups is 2. The van der Waals surface area contributed by atoms with Gasteiger partial charge in [-0.1, -0.05) is 6.07 Å². The third kappa shape index (κ3) is 4.31. The minimum absolute atomic E-state index is 0.0730. The van der Waals surface area contributed by atoms with Gasteiger partial charge >= 0.3 is 5.97 Å². The summed E-state index contributed by atoms with van der Waals surface area (Å²) in [6.07, 6.45) is 1.44. The van der Waals surface area contributed by atoms with E-state index in [9.17, 15) is 18.0 Å². The number of ketones is 1. The van der Waals surface area contributed by atoms with Crippen molar-refractivity contribution >= 4 is 27.5 Å². The molecule has 2 aromatic rings. The minimum Gasteiger partial charge on any atom is -0.493 e. The second-order valence-corrected chi connectivity index (χ2v) is 9.91.